The van der Waals surface area contributed by atoms with Crippen molar-refractivity contribution in [3.8, 4) is 0 Å². The molecule has 78 valence electrons. The second kappa shape index (κ2) is 4.69. The Balaban J connectivity index is 2.93. The van der Waals surface area contributed by atoms with Crippen molar-refractivity contribution in [2.24, 2.45) is 0 Å². The van der Waals surface area contributed by atoms with Crippen LogP contribution in [-0.4, -0.2) is 15.5 Å². The molecule has 1 heterocycles. The molecule has 0 saturated carbocycles. The van der Waals surface area contributed by atoms with Crippen LogP contribution in [0.25, 0.3) is 0 Å². The zero-order valence-corrected chi connectivity index (χ0v) is 10.1. The Hall–Kier alpha value is -0.700. The summed E-state index contributed by atoms with van der Waals surface area (Å²) >= 11 is 4.19. The molecule has 3 heteroatoms. The van der Waals surface area contributed by atoms with Crippen LogP contribution < -0.4 is 0 Å². The maximum absolute atomic E-state index is 4.49. The van der Waals surface area contributed by atoms with E-state index in [0.29, 0.717) is 0 Å². The molecule has 1 aromatic heterocycles. The van der Waals surface area contributed by atoms with E-state index in [1.807, 2.05) is 4.68 Å². The summed E-state index contributed by atoms with van der Waals surface area (Å²) in [5.41, 5.74) is 4.85. The summed E-state index contributed by atoms with van der Waals surface area (Å²) in [5, 5.41) is 4.49. The number of rotatable bonds is 4. The molecular weight excluding hydrogens is 192 g/mol. The largest absolute Gasteiger partial charge is 0.265 e. The highest BCUT2D eigenvalue weighted by atomic mass is 32.1. The van der Waals surface area contributed by atoms with Gasteiger partial charge in [-0.3, -0.25) is 4.68 Å². The van der Waals surface area contributed by atoms with Crippen LogP contribution in [0.1, 0.15) is 23.9 Å². The lowest BCUT2D eigenvalue weighted by Crippen LogP contribution is -2.05. The molecule has 0 unspecified atom stereocenters. The van der Waals surface area contributed by atoms with Gasteiger partial charge in [0, 0.05) is 11.4 Å². The van der Waals surface area contributed by atoms with Crippen molar-refractivity contribution in [2.45, 2.75) is 33.7 Å². The SMILES string of the molecule is C=C(CS)Cn1nc(C)c(CC)c1C. The van der Waals surface area contributed by atoms with Crippen LogP contribution in [0.4, 0.5) is 0 Å². The fourth-order valence-electron chi connectivity index (χ4n) is 1.66. The minimum absolute atomic E-state index is 0.722. The van der Waals surface area contributed by atoms with Gasteiger partial charge in [0.25, 0.3) is 0 Å². The molecule has 0 atom stereocenters. The monoisotopic (exact) mass is 210 g/mol. The molecular formula is C11H18N2S. The smallest absolute Gasteiger partial charge is 0.0628 e. The molecule has 0 aliphatic heterocycles. The van der Waals surface area contributed by atoms with E-state index in [1.54, 1.807) is 0 Å². The molecule has 0 N–H and O–H groups in total. The third-order valence-electron chi connectivity index (χ3n) is 2.48. The van der Waals surface area contributed by atoms with Gasteiger partial charge in [-0.25, -0.2) is 0 Å². The maximum atomic E-state index is 4.49. The number of thiol groups is 1. The second-order valence-corrected chi connectivity index (χ2v) is 3.88. The van der Waals surface area contributed by atoms with E-state index in [0.717, 1.165) is 30.0 Å². The Bertz CT molecular complexity index is 339. The number of hydrogen-bond donors (Lipinski definition) is 1. The first-order valence-electron chi connectivity index (χ1n) is 4.90. The zero-order valence-electron chi connectivity index (χ0n) is 9.17. The summed E-state index contributed by atoms with van der Waals surface area (Å²) < 4.78 is 2.02. The standard InChI is InChI=1S/C11H18N2S/c1-5-11-9(3)12-13(10(11)4)6-8(2)7-14/h14H,2,5-7H2,1,3-4H3. The highest BCUT2D eigenvalue weighted by Gasteiger charge is 2.09. The van der Waals surface area contributed by atoms with Gasteiger partial charge in [-0.2, -0.15) is 17.7 Å². The highest BCUT2D eigenvalue weighted by Crippen LogP contribution is 2.14. The van der Waals surface area contributed by atoms with Crippen molar-refractivity contribution in [3.05, 3.63) is 29.1 Å². The van der Waals surface area contributed by atoms with Gasteiger partial charge < -0.3 is 0 Å². The number of aryl methyl sites for hydroxylation is 1. The highest BCUT2D eigenvalue weighted by molar-refractivity contribution is 7.80. The van der Waals surface area contributed by atoms with E-state index >= 15 is 0 Å². The normalized spacial score (nSPS) is 10.6. The Morgan fingerprint density at radius 3 is 2.57 bits per heavy atom. The lowest BCUT2D eigenvalue weighted by Gasteiger charge is -2.05. The third-order valence-corrected chi connectivity index (χ3v) is 2.93. The molecule has 14 heavy (non-hydrogen) atoms. The van der Waals surface area contributed by atoms with Gasteiger partial charge in [0.05, 0.1) is 12.2 Å². The summed E-state index contributed by atoms with van der Waals surface area (Å²) in [5.74, 6) is 0.722. The molecule has 0 bridgehead atoms. The Kier molecular flexibility index (Phi) is 3.81. The summed E-state index contributed by atoms with van der Waals surface area (Å²) in [4.78, 5) is 0. The van der Waals surface area contributed by atoms with Crippen molar-refractivity contribution in [3.63, 3.8) is 0 Å². The van der Waals surface area contributed by atoms with Crippen molar-refractivity contribution in [1.82, 2.24) is 9.78 Å². The predicted molar refractivity (Wildman–Crippen MR) is 64.1 cm³/mol. The molecule has 0 radical (unpaired) electrons. The number of nitrogens with zero attached hydrogens (tertiary/aromatic N) is 2. The lowest BCUT2D eigenvalue weighted by atomic mass is 10.1. The zero-order chi connectivity index (χ0) is 10.7. The minimum atomic E-state index is 0.722. The van der Waals surface area contributed by atoms with Crippen molar-refractivity contribution >= 4 is 12.6 Å². The van der Waals surface area contributed by atoms with Crippen LogP contribution >= 0.6 is 12.6 Å². The summed E-state index contributed by atoms with van der Waals surface area (Å²) in [6.45, 7) is 11.1. The minimum Gasteiger partial charge on any atom is -0.265 e. The predicted octanol–water partition coefficient (Wildman–Crippen LogP) is 2.55. The van der Waals surface area contributed by atoms with Crippen LogP contribution in [0.3, 0.4) is 0 Å². The van der Waals surface area contributed by atoms with Crippen LogP contribution in [0.2, 0.25) is 0 Å². The molecule has 0 amide bonds. The van der Waals surface area contributed by atoms with Crippen LogP contribution in [0, 0.1) is 13.8 Å². The van der Waals surface area contributed by atoms with Crippen LogP contribution in [0.5, 0.6) is 0 Å². The van der Waals surface area contributed by atoms with Gasteiger partial charge in [-0.1, -0.05) is 13.5 Å². The van der Waals surface area contributed by atoms with Gasteiger partial charge >= 0.3 is 0 Å². The third kappa shape index (κ3) is 2.21. The summed E-state index contributed by atoms with van der Waals surface area (Å²) in [6, 6.07) is 0. The van der Waals surface area contributed by atoms with Crippen molar-refractivity contribution < 1.29 is 0 Å². The van der Waals surface area contributed by atoms with E-state index in [2.05, 4.69) is 45.1 Å². The van der Waals surface area contributed by atoms with Gasteiger partial charge in [-0.05, 0) is 31.4 Å². The van der Waals surface area contributed by atoms with Gasteiger partial charge in [-0.15, -0.1) is 0 Å². The summed E-state index contributed by atoms with van der Waals surface area (Å²) in [7, 11) is 0. The van der Waals surface area contributed by atoms with Crippen LogP contribution in [-0.2, 0) is 13.0 Å². The molecule has 0 aromatic carbocycles. The van der Waals surface area contributed by atoms with Crippen molar-refractivity contribution in [1.29, 1.82) is 0 Å². The number of hydrogen-bond acceptors (Lipinski definition) is 2. The summed E-state index contributed by atoms with van der Waals surface area (Å²) in [6.07, 6.45) is 1.05. The van der Waals surface area contributed by atoms with E-state index in [1.165, 1.54) is 11.3 Å². The van der Waals surface area contributed by atoms with Gasteiger partial charge in [0.15, 0.2) is 0 Å². The van der Waals surface area contributed by atoms with Crippen molar-refractivity contribution in [2.75, 3.05) is 5.75 Å². The van der Waals surface area contributed by atoms with E-state index in [9.17, 15) is 0 Å². The molecule has 2 nitrogen and oxygen atoms in total. The average Bonchev–Trinajstić information content (AvgIpc) is 2.42. The molecule has 0 saturated heterocycles. The first-order chi connectivity index (χ1) is 6.60. The van der Waals surface area contributed by atoms with E-state index in [4.69, 9.17) is 0 Å². The molecule has 0 fully saturated rings. The lowest BCUT2D eigenvalue weighted by molar-refractivity contribution is 0.652. The molecule has 0 aliphatic carbocycles. The second-order valence-electron chi connectivity index (χ2n) is 3.57. The van der Waals surface area contributed by atoms with E-state index < -0.39 is 0 Å². The Labute approximate surface area is 91.4 Å². The first kappa shape index (κ1) is 11.4. The quantitative estimate of drug-likeness (QED) is 0.597. The average molecular weight is 210 g/mol. The Morgan fingerprint density at radius 2 is 2.14 bits per heavy atom. The molecule has 1 aromatic rings. The Morgan fingerprint density at radius 1 is 1.50 bits per heavy atom. The molecule has 1 rings (SSSR count). The molecule has 0 spiro atoms. The maximum Gasteiger partial charge on any atom is 0.0628 e. The molecule has 0 aliphatic rings. The van der Waals surface area contributed by atoms with Gasteiger partial charge in [0.2, 0.25) is 0 Å². The fraction of sp³-hybridized carbons (Fsp3) is 0.545. The van der Waals surface area contributed by atoms with E-state index in [-0.39, 0.29) is 0 Å². The number of aromatic nitrogens is 2. The first-order valence-corrected chi connectivity index (χ1v) is 5.53. The van der Waals surface area contributed by atoms with Gasteiger partial charge in [0.1, 0.15) is 0 Å². The topological polar surface area (TPSA) is 17.8 Å². The van der Waals surface area contributed by atoms with Crippen LogP contribution in [0.15, 0.2) is 12.2 Å². The fourth-order valence-corrected chi connectivity index (χ4v) is 1.76.